The zero-order valence-electron chi connectivity index (χ0n) is 16.1. The Kier molecular flexibility index (Phi) is 6.37. The van der Waals surface area contributed by atoms with Crippen molar-refractivity contribution in [3.63, 3.8) is 0 Å². The van der Waals surface area contributed by atoms with Crippen molar-refractivity contribution in [1.29, 1.82) is 0 Å². The number of benzene rings is 2. The van der Waals surface area contributed by atoms with Crippen LogP contribution in [0.2, 0.25) is 0 Å². The van der Waals surface area contributed by atoms with Crippen molar-refractivity contribution >= 4 is 17.6 Å². The van der Waals surface area contributed by atoms with Crippen molar-refractivity contribution in [2.75, 3.05) is 32.2 Å². The first-order valence-corrected chi connectivity index (χ1v) is 9.21. The minimum absolute atomic E-state index is 0.0400. The van der Waals surface area contributed by atoms with Crippen molar-refractivity contribution in [2.45, 2.75) is 18.9 Å². The summed E-state index contributed by atoms with van der Waals surface area (Å²) in [6, 6.07) is 14.8. The van der Waals surface area contributed by atoms with E-state index in [0.29, 0.717) is 24.6 Å². The maximum absolute atomic E-state index is 12.4. The van der Waals surface area contributed by atoms with Crippen molar-refractivity contribution in [3.05, 3.63) is 54.1 Å². The number of carbonyl (C=O) groups is 2. The van der Waals surface area contributed by atoms with E-state index in [1.807, 2.05) is 36.4 Å². The molecule has 0 bridgehead atoms. The van der Waals surface area contributed by atoms with Gasteiger partial charge in [0.15, 0.2) is 11.5 Å². The zero-order valence-corrected chi connectivity index (χ0v) is 16.1. The van der Waals surface area contributed by atoms with Crippen molar-refractivity contribution in [2.24, 2.45) is 0 Å². The van der Waals surface area contributed by atoms with Gasteiger partial charge in [-0.2, -0.15) is 0 Å². The van der Waals surface area contributed by atoms with Crippen LogP contribution in [0.5, 0.6) is 11.5 Å². The standard InChI is InChI=1S/C21H25N3O4/c1-27-18-9-8-17(13-19(18)28-2)24-14-16(12-20(24)25)23-21(26)22-11-10-15-6-4-3-5-7-15/h3-9,13,16H,10-12,14H2,1-2H3,(H2,22,23,26). The number of hydrogen-bond acceptors (Lipinski definition) is 4. The van der Waals surface area contributed by atoms with Crippen LogP contribution >= 0.6 is 0 Å². The Hall–Kier alpha value is -3.22. The van der Waals surface area contributed by atoms with Crippen LogP contribution in [0.15, 0.2) is 48.5 Å². The Balaban J connectivity index is 1.52. The first-order valence-electron chi connectivity index (χ1n) is 9.21. The van der Waals surface area contributed by atoms with E-state index in [2.05, 4.69) is 10.6 Å². The quantitative estimate of drug-likeness (QED) is 0.769. The lowest BCUT2D eigenvalue weighted by atomic mass is 10.1. The van der Waals surface area contributed by atoms with E-state index >= 15 is 0 Å². The Morgan fingerprint density at radius 3 is 2.57 bits per heavy atom. The lowest BCUT2D eigenvalue weighted by Gasteiger charge is -2.19. The highest BCUT2D eigenvalue weighted by atomic mass is 16.5. The lowest BCUT2D eigenvalue weighted by Crippen LogP contribution is -2.43. The van der Waals surface area contributed by atoms with E-state index in [-0.39, 0.29) is 24.4 Å². The van der Waals surface area contributed by atoms with Gasteiger partial charge in [-0.25, -0.2) is 4.79 Å². The molecule has 0 saturated carbocycles. The first-order chi connectivity index (χ1) is 13.6. The van der Waals surface area contributed by atoms with Gasteiger partial charge >= 0.3 is 6.03 Å². The molecule has 0 aromatic heterocycles. The van der Waals surface area contributed by atoms with Crippen molar-refractivity contribution < 1.29 is 19.1 Å². The Bertz CT molecular complexity index is 826. The maximum atomic E-state index is 12.4. The minimum Gasteiger partial charge on any atom is -0.493 e. The summed E-state index contributed by atoms with van der Waals surface area (Å²) < 4.78 is 10.5. The van der Waals surface area contributed by atoms with Gasteiger partial charge in [-0.3, -0.25) is 4.79 Å². The third kappa shape index (κ3) is 4.73. The molecule has 28 heavy (non-hydrogen) atoms. The number of hydrogen-bond donors (Lipinski definition) is 2. The molecule has 1 fully saturated rings. The second-order valence-electron chi connectivity index (χ2n) is 6.58. The molecule has 0 spiro atoms. The summed E-state index contributed by atoms with van der Waals surface area (Å²) in [5.41, 5.74) is 1.88. The summed E-state index contributed by atoms with van der Waals surface area (Å²) in [4.78, 5) is 26.2. The topological polar surface area (TPSA) is 79.9 Å². The van der Waals surface area contributed by atoms with Gasteiger partial charge in [-0.15, -0.1) is 0 Å². The fourth-order valence-corrected chi connectivity index (χ4v) is 3.25. The maximum Gasteiger partial charge on any atom is 0.315 e. The minimum atomic E-state index is -0.261. The summed E-state index contributed by atoms with van der Waals surface area (Å²) in [5.74, 6) is 1.12. The number of carbonyl (C=O) groups excluding carboxylic acids is 2. The molecule has 3 rings (SSSR count). The van der Waals surface area contributed by atoms with Gasteiger partial charge in [0.2, 0.25) is 5.91 Å². The highest BCUT2D eigenvalue weighted by molar-refractivity contribution is 5.97. The summed E-state index contributed by atoms with van der Waals surface area (Å²) in [6.45, 7) is 0.955. The predicted molar refractivity (Wildman–Crippen MR) is 107 cm³/mol. The lowest BCUT2D eigenvalue weighted by molar-refractivity contribution is -0.117. The second kappa shape index (κ2) is 9.12. The van der Waals surface area contributed by atoms with E-state index in [0.717, 1.165) is 12.1 Å². The van der Waals surface area contributed by atoms with Gasteiger partial charge < -0.3 is 25.0 Å². The summed E-state index contributed by atoms with van der Waals surface area (Å²) in [5, 5.41) is 5.72. The number of methoxy groups -OCH3 is 2. The number of amides is 3. The molecule has 1 aliphatic heterocycles. The van der Waals surface area contributed by atoms with Gasteiger partial charge in [-0.1, -0.05) is 30.3 Å². The highest BCUT2D eigenvalue weighted by Crippen LogP contribution is 2.33. The second-order valence-corrected chi connectivity index (χ2v) is 6.58. The number of ether oxygens (including phenoxy) is 2. The fourth-order valence-electron chi connectivity index (χ4n) is 3.25. The molecule has 0 aliphatic carbocycles. The van der Waals surface area contributed by atoms with E-state index in [9.17, 15) is 9.59 Å². The normalized spacial score (nSPS) is 16.0. The largest absolute Gasteiger partial charge is 0.493 e. The molecule has 0 radical (unpaired) electrons. The summed E-state index contributed by atoms with van der Waals surface area (Å²) in [6.07, 6.45) is 1.02. The predicted octanol–water partition coefficient (Wildman–Crippen LogP) is 2.35. The van der Waals surface area contributed by atoms with Crippen LogP contribution in [0, 0.1) is 0 Å². The Morgan fingerprint density at radius 2 is 1.86 bits per heavy atom. The highest BCUT2D eigenvalue weighted by Gasteiger charge is 2.32. The SMILES string of the molecule is COc1ccc(N2CC(NC(=O)NCCc3ccccc3)CC2=O)cc1OC. The third-order valence-corrected chi connectivity index (χ3v) is 4.68. The molecule has 2 aromatic rings. The molecule has 3 amide bonds. The smallest absolute Gasteiger partial charge is 0.315 e. The van der Waals surface area contributed by atoms with Gasteiger partial charge in [0.05, 0.1) is 20.3 Å². The van der Waals surface area contributed by atoms with Crippen LogP contribution in [0.3, 0.4) is 0 Å². The average molecular weight is 383 g/mol. The van der Waals surface area contributed by atoms with Crippen LogP contribution in [0.1, 0.15) is 12.0 Å². The van der Waals surface area contributed by atoms with Crippen LogP contribution in [-0.4, -0.2) is 45.3 Å². The van der Waals surface area contributed by atoms with Gasteiger partial charge in [-0.05, 0) is 24.1 Å². The molecule has 2 N–H and O–H groups in total. The first kappa shape index (κ1) is 19.5. The molecule has 2 aromatic carbocycles. The Morgan fingerprint density at radius 1 is 1.11 bits per heavy atom. The van der Waals surface area contributed by atoms with Crippen LogP contribution in [0.4, 0.5) is 10.5 Å². The molecule has 1 aliphatic rings. The molecule has 7 nitrogen and oxygen atoms in total. The van der Waals surface area contributed by atoms with Crippen LogP contribution in [0.25, 0.3) is 0 Å². The zero-order chi connectivity index (χ0) is 19.9. The monoisotopic (exact) mass is 383 g/mol. The van der Waals surface area contributed by atoms with Gasteiger partial charge in [0.1, 0.15) is 0 Å². The van der Waals surface area contributed by atoms with E-state index in [4.69, 9.17) is 9.47 Å². The van der Waals surface area contributed by atoms with E-state index in [1.165, 1.54) is 5.56 Å². The van der Waals surface area contributed by atoms with Gasteiger partial charge in [0.25, 0.3) is 0 Å². The third-order valence-electron chi connectivity index (χ3n) is 4.68. The summed E-state index contributed by atoms with van der Waals surface area (Å²) >= 11 is 0. The number of anilines is 1. The molecule has 1 unspecified atom stereocenters. The number of rotatable bonds is 7. The van der Waals surface area contributed by atoms with Crippen molar-refractivity contribution in [3.8, 4) is 11.5 Å². The fraction of sp³-hybridized carbons (Fsp3) is 0.333. The van der Waals surface area contributed by atoms with Gasteiger partial charge in [0, 0.05) is 31.3 Å². The number of nitrogens with zero attached hydrogens (tertiary/aromatic N) is 1. The molecule has 7 heteroatoms. The van der Waals surface area contributed by atoms with E-state index in [1.54, 1.807) is 31.3 Å². The number of urea groups is 1. The van der Waals surface area contributed by atoms with Crippen LogP contribution in [-0.2, 0) is 11.2 Å². The molecule has 1 heterocycles. The molecular weight excluding hydrogens is 358 g/mol. The molecule has 1 atom stereocenters. The summed E-state index contributed by atoms with van der Waals surface area (Å²) in [7, 11) is 3.12. The molecular formula is C21H25N3O4. The average Bonchev–Trinajstić information content (AvgIpc) is 3.08. The van der Waals surface area contributed by atoms with Crippen molar-refractivity contribution in [1.82, 2.24) is 10.6 Å². The van der Waals surface area contributed by atoms with E-state index < -0.39 is 0 Å². The molecule has 1 saturated heterocycles. The van der Waals surface area contributed by atoms with Crippen LogP contribution < -0.4 is 25.0 Å². The number of nitrogens with one attached hydrogen (secondary N) is 2. The Labute approximate surface area is 164 Å². The molecule has 148 valence electrons.